The molecule has 0 radical (unpaired) electrons. The molecule has 0 atom stereocenters. The summed E-state index contributed by atoms with van der Waals surface area (Å²) in [7, 11) is -2.02. The van der Waals surface area contributed by atoms with Gasteiger partial charge in [0.05, 0.1) is 5.71 Å². The van der Waals surface area contributed by atoms with Crippen molar-refractivity contribution in [2.75, 3.05) is 6.16 Å². The van der Waals surface area contributed by atoms with E-state index in [9.17, 15) is 4.79 Å². The molecule has 4 aromatic carbocycles. The van der Waals surface area contributed by atoms with E-state index in [1.807, 2.05) is 25.1 Å². The number of nitrogens with one attached hydrogen (secondary N) is 1. The van der Waals surface area contributed by atoms with Crippen molar-refractivity contribution in [2.24, 2.45) is 5.10 Å². The van der Waals surface area contributed by atoms with E-state index in [1.54, 1.807) is 12.1 Å². The highest BCUT2D eigenvalue weighted by atomic mass is 31.2. The van der Waals surface area contributed by atoms with Gasteiger partial charge in [-0.15, -0.1) is 0 Å². The number of carbonyl (C=O) groups is 1. The quantitative estimate of drug-likeness (QED) is 0.252. The molecule has 1 N–H and O–H groups in total. The van der Waals surface area contributed by atoms with Crippen LogP contribution in [0.25, 0.3) is 0 Å². The molecule has 1 amide bonds. The van der Waals surface area contributed by atoms with Gasteiger partial charge >= 0.3 is 0 Å². The summed E-state index contributed by atoms with van der Waals surface area (Å²) in [5, 5.41) is 8.39. The molecule has 3 nitrogen and oxygen atoms in total. The Labute approximate surface area is 190 Å². The van der Waals surface area contributed by atoms with Crippen LogP contribution in [0.3, 0.4) is 0 Å². The smallest absolute Gasteiger partial charge is 0.267 e. The highest BCUT2D eigenvalue weighted by molar-refractivity contribution is 7.96. The number of hydrogen-bond acceptors (Lipinski definition) is 2. The van der Waals surface area contributed by atoms with Gasteiger partial charge in [0.25, 0.3) is 5.91 Å². The molecule has 0 saturated carbocycles. The molecule has 0 aliphatic rings. The van der Waals surface area contributed by atoms with Gasteiger partial charge in [-0.3, -0.25) is 4.79 Å². The van der Waals surface area contributed by atoms with E-state index in [2.05, 4.69) is 102 Å². The Bertz CT molecular complexity index is 1080. The zero-order valence-corrected chi connectivity index (χ0v) is 19.0. The first-order valence-corrected chi connectivity index (χ1v) is 12.6. The van der Waals surface area contributed by atoms with Crippen LogP contribution in [-0.4, -0.2) is 17.8 Å². The highest BCUT2D eigenvalue weighted by Crippen LogP contribution is 2.55. The zero-order chi connectivity index (χ0) is 22.2. The van der Waals surface area contributed by atoms with Gasteiger partial charge in [-0.1, -0.05) is 72.8 Å². The van der Waals surface area contributed by atoms with E-state index in [4.69, 9.17) is 0 Å². The van der Waals surface area contributed by atoms with Gasteiger partial charge in [0.15, 0.2) is 0 Å². The van der Waals surface area contributed by atoms with E-state index in [-0.39, 0.29) is 5.91 Å². The largest absolute Gasteiger partial charge is 0.271 e. The summed E-state index contributed by atoms with van der Waals surface area (Å²) in [6.07, 6.45) is 0.736. The number of nitrogens with zero attached hydrogens (tertiary/aromatic N) is 1. The lowest BCUT2D eigenvalue weighted by Crippen LogP contribution is -2.35. The molecule has 4 heteroatoms. The molecule has 0 aliphatic carbocycles. The SMILES string of the molecule is C/C(C[P+](c1ccccc1)(c1ccccc1)c1ccccc1)=N\NC(=O)c1ccccc1. The molecule has 0 bridgehead atoms. The first-order chi connectivity index (χ1) is 15.7. The summed E-state index contributed by atoms with van der Waals surface area (Å²) in [5.74, 6) is -0.201. The van der Waals surface area contributed by atoms with Crippen LogP contribution in [0.1, 0.15) is 17.3 Å². The molecule has 4 aromatic rings. The molecule has 0 unspecified atom stereocenters. The van der Waals surface area contributed by atoms with Crippen molar-refractivity contribution in [3.8, 4) is 0 Å². The second-order valence-corrected chi connectivity index (χ2v) is 11.1. The molecular weight excluding hydrogens is 411 g/mol. The summed E-state index contributed by atoms with van der Waals surface area (Å²) in [4.78, 5) is 12.5. The van der Waals surface area contributed by atoms with Gasteiger partial charge in [0, 0.05) is 5.56 Å². The Balaban J connectivity index is 1.76. The second kappa shape index (κ2) is 10.2. The monoisotopic (exact) mass is 437 g/mol. The average molecular weight is 438 g/mol. The lowest BCUT2D eigenvalue weighted by molar-refractivity contribution is 0.0955. The maximum absolute atomic E-state index is 12.5. The summed E-state index contributed by atoms with van der Waals surface area (Å²) in [6, 6.07) is 41.2. The van der Waals surface area contributed by atoms with Crippen LogP contribution in [0.2, 0.25) is 0 Å². The maximum atomic E-state index is 12.5. The van der Waals surface area contributed by atoms with E-state index >= 15 is 0 Å². The molecule has 0 heterocycles. The molecule has 32 heavy (non-hydrogen) atoms. The molecule has 0 aromatic heterocycles. The fourth-order valence-electron chi connectivity index (χ4n) is 3.95. The van der Waals surface area contributed by atoms with Crippen molar-refractivity contribution in [1.82, 2.24) is 5.43 Å². The summed E-state index contributed by atoms with van der Waals surface area (Å²) in [5.41, 5.74) is 4.23. The van der Waals surface area contributed by atoms with E-state index in [1.165, 1.54) is 15.9 Å². The number of hydrogen-bond donors (Lipinski definition) is 1. The van der Waals surface area contributed by atoms with Gasteiger partial charge in [-0.25, -0.2) is 5.43 Å². The molecule has 0 aliphatic heterocycles. The molecule has 0 saturated heterocycles. The predicted molar refractivity (Wildman–Crippen MR) is 137 cm³/mol. The molecular formula is C28H26N2OP+. The van der Waals surface area contributed by atoms with Crippen LogP contribution in [-0.2, 0) is 0 Å². The minimum atomic E-state index is -2.02. The standard InChI is InChI=1S/C28H25N2OP/c1-23(29-30-28(31)24-14-6-2-7-15-24)22-32(25-16-8-3-9-17-25,26-18-10-4-11-19-26)27-20-12-5-13-21-27/h2-21H,22H2,1H3/p+1/b29-23+. The number of amides is 1. The first-order valence-electron chi connectivity index (χ1n) is 10.6. The fourth-order valence-corrected chi connectivity index (χ4v) is 8.19. The lowest BCUT2D eigenvalue weighted by Gasteiger charge is -2.27. The lowest BCUT2D eigenvalue weighted by atomic mass is 10.2. The van der Waals surface area contributed by atoms with Gasteiger partial charge in [0.1, 0.15) is 29.3 Å². The maximum Gasteiger partial charge on any atom is 0.271 e. The fraction of sp³-hybridized carbons (Fsp3) is 0.0714. The second-order valence-electron chi connectivity index (χ2n) is 7.63. The minimum absolute atomic E-state index is 0.201. The van der Waals surface area contributed by atoms with Gasteiger partial charge < -0.3 is 0 Å². The first kappa shape index (κ1) is 21.7. The van der Waals surface area contributed by atoms with Crippen molar-refractivity contribution in [2.45, 2.75) is 6.92 Å². The van der Waals surface area contributed by atoms with E-state index in [0.717, 1.165) is 11.9 Å². The Morgan fingerprint density at radius 2 is 1.03 bits per heavy atom. The van der Waals surface area contributed by atoms with E-state index in [0.29, 0.717) is 5.56 Å². The van der Waals surface area contributed by atoms with Crippen LogP contribution >= 0.6 is 7.26 Å². The third-order valence-electron chi connectivity index (χ3n) is 5.44. The number of rotatable bonds is 7. The summed E-state index contributed by atoms with van der Waals surface area (Å²) in [6.45, 7) is 1.99. The molecule has 0 fully saturated rings. The summed E-state index contributed by atoms with van der Waals surface area (Å²) >= 11 is 0. The van der Waals surface area contributed by atoms with Crippen molar-refractivity contribution in [3.63, 3.8) is 0 Å². The zero-order valence-electron chi connectivity index (χ0n) is 18.1. The number of benzene rings is 4. The summed E-state index contributed by atoms with van der Waals surface area (Å²) < 4.78 is 0. The average Bonchev–Trinajstić information content (AvgIpc) is 2.88. The van der Waals surface area contributed by atoms with Crippen molar-refractivity contribution >= 4 is 34.8 Å². The van der Waals surface area contributed by atoms with Crippen LogP contribution in [0.15, 0.2) is 126 Å². The molecule has 0 spiro atoms. The van der Waals surface area contributed by atoms with Crippen molar-refractivity contribution < 1.29 is 4.79 Å². The van der Waals surface area contributed by atoms with Crippen molar-refractivity contribution in [3.05, 3.63) is 127 Å². The van der Waals surface area contributed by atoms with Crippen LogP contribution < -0.4 is 21.3 Å². The minimum Gasteiger partial charge on any atom is -0.267 e. The third-order valence-corrected chi connectivity index (χ3v) is 9.91. The van der Waals surface area contributed by atoms with Crippen molar-refractivity contribution in [1.29, 1.82) is 0 Å². The molecule has 158 valence electrons. The van der Waals surface area contributed by atoms with Crippen LogP contribution in [0.4, 0.5) is 0 Å². The number of hydrazone groups is 1. The predicted octanol–water partition coefficient (Wildman–Crippen LogP) is 4.79. The van der Waals surface area contributed by atoms with Crippen LogP contribution in [0.5, 0.6) is 0 Å². The van der Waals surface area contributed by atoms with E-state index < -0.39 is 7.26 Å². The van der Waals surface area contributed by atoms with Crippen LogP contribution in [0, 0.1) is 0 Å². The Morgan fingerprint density at radius 1 is 0.656 bits per heavy atom. The van der Waals surface area contributed by atoms with Gasteiger partial charge in [-0.05, 0) is 55.5 Å². The van der Waals surface area contributed by atoms with Gasteiger partial charge in [0.2, 0.25) is 0 Å². The topological polar surface area (TPSA) is 41.5 Å². The highest BCUT2D eigenvalue weighted by Gasteiger charge is 2.45. The Morgan fingerprint density at radius 3 is 1.44 bits per heavy atom. The number of carbonyl (C=O) groups excluding carboxylic acids is 1. The third kappa shape index (κ3) is 4.69. The Hall–Kier alpha value is -3.55. The molecule has 4 rings (SSSR count). The Kier molecular flexibility index (Phi) is 6.89. The van der Waals surface area contributed by atoms with Gasteiger partial charge in [-0.2, -0.15) is 5.10 Å². The normalized spacial score (nSPS) is 11.7.